The van der Waals surface area contributed by atoms with Crippen molar-refractivity contribution in [1.82, 2.24) is 14.3 Å². The van der Waals surface area contributed by atoms with Crippen LogP contribution in [-0.4, -0.2) is 32.4 Å². The number of primary amides is 1. The molecular formula is C24H19ClF6N4O4. The molecule has 0 saturated heterocycles. The van der Waals surface area contributed by atoms with Crippen LogP contribution in [-0.2, 0) is 22.3 Å². The fraction of sp³-hybridized carbons (Fsp3) is 0.250. The Hall–Kier alpha value is -4.07. The summed E-state index contributed by atoms with van der Waals surface area (Å²) in [7, 11) is 0. The fourth-order valence-corrected chi connectivity index (χ4v) is 3.73. The van der Waals surface area contributed by atoms with E-state index in [1.165, 1.54) is 30.3 Å². The number of rotatable bonds is 9. The Morgan fingerprint density at radius 3 is 2.28 bits per heavy atom. The molecule has 39 heavy (non-hydrogen) atoms. The summed E-state index contributed by atoms with van der Waals surface area (Å²) < 4.78 is 84.7. The van der Waals surface area contributed by atoms with E-state index in [9.17, 15) is 40.7 Å². The molecule has 0 aliphatic carbocycles. The number of ketones is 1. The monoisotopic (exact) mass is 576 g/mol. The first-order chi connectivity index (χ1) is 18.2. The summed E-state index contributed by atoms with van der Waals surface area (Å²) in [4.78, 5) is 36.8. The molecule has 1 heterocycles. The molecule has 1 amide bonds. The van der Waals surface area contributed by atoms with Crippen LogP contribution in [0.4, 0.5) is 31.1 Å². The standard InChI is InChI=1S/C24H19ClF6N4O4/c25-15-7-5-14(6-8-15)20-33-35(22(38)34(20)12-11-23(26,27)28)13-16(36)9-10-19(39-21(32)37)17-3-1-2-4-18(17)24(29,30)31/h1-8,11-12,19H,9-10,13H2,(H2,32,37)/b12-11+. The Morgan fingerprint density at radius 1 is 1.05 bits per heavy atom. The third kappa shape index (κ3) is 7.96. The lowest BCUT2D eigenvalue weighted by Crippen LogP contribution is -2.27. The Kier molecular flexibility index (Phi) is 8.89. The highest BCUT2D eigenvalue weighted by Crippen LogP contribution is 2.37. The van der Waals surface area contributed by atoms with Crippen LogP contribution < -0.4 is 11.4 Å². The predicted octanol–water partition coefficient (Wildman–Crippen LogP) is 5.60. The van der Waals surface area contributed by atoms with E-state index in [1.54, 1.807) is 0 Å². The van der Waals surface area contributed by atoms with Gasteiger partial charge in [0.15, 0.2) is 11.6 Å². The van der Waals surface area contributed by atoms with Crippen molar-refractivity contribution in [2.24, 2.45) is 5.73 Å². The number of halogens is 7. The minimum Gasteiger partial charge on any atom is -0.441 e. The number of ether oxygens (including phenoxy) is 1. The Bertz CT molecular complexity index is 1430. The minimum absolute atomic E-state index is 0.189. The number of aromatic nitrogens is 3. The number of carbonyl (C=O) groups excluding carboxylic acids is 2. The van der Waals surface area contributed by atoms with E-state index in [-0.39, 0.29) is 17.5 Å². The summed E-state index contributed by atoms with van der Waals surface area (Å²) in [5.41, 5.74) is 2.61. The third-order valence-corrected chi connectivity index (χ3v) is 5.52. The Labute approximate surface area is 221 Å². The summed E-state index contributed by atoms with van der Waals surface area (Å²) in [5.74, 6) is -0.953. The second-order valence-corrected chi connectivity index (χ2v) is 8.52. The molecule has 15 heteroatoms. The van der Waals surface area contributed by atoms with Gasteiger partial charge < -0.3 is 10.5 Å². The number of amides is 1. The SMILES string of the molecule is NC(=O)OC(CCC(=O)Cn1nc(-c2ccc(Cl)cc2)n(/C=C/C(F)(F)F)c1=O)c1ccccc1C(F)(F)F. The maximum Gasteiger partial charge on any atom is 0.416 e. The van der Waals surface area contributed by atoms with Gasteiger partial charge in [-0.1, -0.05) is 29.8 Å². The number of carbonyl (C=O) groups is 2. The van der Waals surface area contributed by atoms with Crippen molar-refractivity contribution in [3.63, 3.8) is 0 Å². The molecule has 3 rings (SSSR count). The normalized spacial score (nSPS) is 13.0. The molecule has 3 aromatic rings. The zero-order valence-corrected chi connectivity index (χ0v) is 20.4. The average molecular weight is 577 g/mol. The molecule has 1 unspecified atom stereocenters. The second kappa shape index (κ2) is 11.8. The Morgan fingerprint density at radius 2 is 1.69 bits per heavy atom. The molecule has 0 spiro atoms. The maximum absolute atomic E-state index is 13.4. The molecule has 8 nitrogen and oxygen atoms in total. The maximum atomic E-state index is 13.4. The third-order valence-electron chi connectivity index (χ3n) is 5.27. The van der Waals surface area contributed by atoms with Gasteiger partial charge >= 0.3 is 24.1 Å². The van der Waals surface area contributed by atoms with Crippen LogP contribution in [0.1, 0.15) is 30.1 Å². The molecule has 208 valence electrons. The van der Waals surface area contributed by atoms with E-state index < -0.39 is 66.5 Å². The summed E-state index contributed by atoms with van der Waals surface area (Å²) in [6.45, 7) is -0.726. The van der Waals surface area contributed by atoms with Crippen molar-refractivity contribution < 1.29 is 40.7 Å². The average Bonchev–Trinajstić information content (AvgIpc) is 3.14. The number of hydrogen-bond donors (Lipinski definition) is 1. The number of hydrogen-bond acceptors (Lipinski definition) is 5. The van der Waals surface area contributed by atoms with Gasteiger partial charge in [0.05, 0.1) is 5.56 Å². The van der Waals surface area contributed by atoms with Gasteiger partial charge in [-0.15, -0.1) is 5.10 Å². The van der Waals surface area contributed by atoms with Crippen LogP contribution in [0.2, 0.25) is 5.02 Å². The van der Waals surface area contributed by atoms with Crippen LogP contribution in [0.3, 0.4) is 0 Å². The first-order valence-corrected chi connectivity index (χ1v) is 11.4. The zero-order chi connectivity index (χ0) is 29.0. The summed E-state index contributed by atoms with van der Waals surface area (Å²) in [6, 6.07) is 9.89. The summed E-state index contributed by atoms with van der Waals surface area (Å²) in [5, 5.41) is 4.27. The van der Waals surface area contributed by atoms with Gasteiger partial charge in [-0.2, -0.15) is 26.3 Å². The van der Waals surface area contributed by atoms with Crippen molar-refractivity contribution in [3.05, 3.63) is 81.2 Å². The van der Waals surface area contributed by atoms with E-state index in [2.05, 4.69) is 5.10 Å². The summed E-state index contributed by atoms with van der Waals surface area (Å²) in [6.07, 6.45) is -13.1. The molecule has 0 saturated carbocycles. The van der Waals surface area contributed by atoms with Gasteiger partial charge in [0.1, 0.15) is 12.6 Å². The van der Waals surface area contributed by atoms with E-state index in [4.69, 9.17) is 22.1 Å². The Balaban J connectivity index is 1.87. The fourth-order valence-electron chi connectivity index (χ4n) is 3.60. The highest BCUT2D eigenvalue weighted by molar-refractivity contribution is 6.30. The van der Waals surface area contributed by atoms with Gasteiger partial charge in [0, 0.05) is 34.8 Å². The number of alkyl halides is 6. The van der Waals surface area contributed by atoms with Gasteiger partial charge in [-0.25, -0.2) is 18.8 Å². The second-order valence-electron chi connectivity index (χ2n) is 8.09. The molecule has 0 bridgehead atoms. The van der Waals surface area contributed by atoms with Gasteiger partial charge in [0.2, 0.25) is 0 Å². The number of allylic oxidation sites excluding steroid dienone is 1. The molecular weight excluding hydrogens is 558 g/mol. The zero-order valence-electron chi connectivity index (χ0n) is 19.7. The number of nitrogens with zero attached hydrogens (tertiary/aromatic N) is 3. The van der Waals surface area contributed by atoms with E-state index in [0.29, 0.717) is 20.5 Å². The molecule has 1 atom stereocenters. The number of Topliss-reactive ketones (excluding diaryl/α,β-unsaturated/α-hetero) is 1. The van der Waals surface area contributed by atoms with E-state index >= 15 is 0 Å². The molecule has 0 radical (unpaired) electrons. The van der Waals surface area contributed by atoms with Crippen LogP contribution in [0.25, 0.3) is 17.6 Å². The van der Waals surface area contributed by atoms with Crippen LogP contribution >= 0.6 is 11.6 Å². The lowest BCUT2D eigenvalue weighted by molar-refractivity contribution is -0.139. The quantitative estimate of drug-likeness (QED) is 0.333. The predicted molar refractivity (Wildman–Crippen MR) is 127 cm³/mol. The highest BCUT2D eigenvalue weighted by Gasteiger charge is 2.36. The first-order valence-electron chi connectivity index (χ1n) is 11.0. The van der Waals surface area contributed by atoms with Crippen molar-refractivity contribution >= 4 is 29.7 Å². The number of benzene rings is 2. The molecule has 1 aromatic heterocycles. The smallest absolute Gasteiger partial charge is 0.416 e. The van der Waals surface area contributed by atoms with E-state index in [0.717, 1.165) is 18.2 Å². The van der Waals surface area contributed by atoms with Crippen LogP contribution in [0.5, 0.6) is 0 Å². The van der Waals surface area contributed by atoms with Gasteiger partial charge in [-0.3, -0.25) is 4.79 Å². The van der Waals surface area contributed by atoms with Gasteiger partial charge in [-0.05, 0) is 36.8 Å². The summed E-state index contributed by atoms with van der Waals surface area (Å²) >= 11 is 5.83. The molecule has 2 N–H and O–H groups in total. The minimum atomic E-state index is -4.79. The first kappa shape index (κ1) is 29.5. The lowest BCUT2D eigenvalue weighted by Gasteiger charge is -2.21. The van der Waals surface area contributed by atoms with Crippen LogP contribution in [0, 0.1) is 0 Å². The lowest BCUT2D eigenvalue weighted by atomic mass is 9.97. The van der Waals surface area contributed by atoms with Gasteiger partial charge in [0.25, 0.3) is 0 Å². The van der Waals surface area contributed by atoms with Crippen LogP contribution in [0.15, 0.2) is 59.4 Å². The molecule has 0 aliphatic rings. The van der Waals surface area contributed by atoms with Crippen molar-refractivity contribution in [1.29, 1.82) is 0 Å². The topological polar surface area (TPSA) is 109 Å². The van der Waals surface area contributed by atoms with Crippen molar-refractivity contribution in [3.8, 4) is 11.4 Å². The van der Waals surface area contributed by atoms with Crippen molar-refractivity contribution in [2.45, 2.75) is 37.8 Å². The van der Waals surface area contributed by atoms with E-state index in [1.807, 2.05) is 0 Å². The highest BCUT2D eigenvalue weighted by atomic mass is 35.5. The number of nitrogens with two attached hydrogens (primary N) is 1. The van der Waals surface area contributed by atoms with Crippen molar-refractivity contribution in [2.75, 3.05) is 0 Å². The molecule has 0 aliphatic heterocycles. The molecule has 0 fully saturated rings. The molecule has 2 aromatic carbocycles. The largest absolute Gasteiger partial charge is 0.441 e.